The third-order valence-electron chi connectivity index (χ3n) is 2.49. The van der Waals surface area contributed by atoms with E-state index in [2.05, 4.69) is 0 Å². The quantitative estimate of drug-likeness (QED) is 0.763. The lowest BCUT2D eigenvalue weighted by Gasteiger charge is -2.06. The van der Waals surface area contributed by atoms with E-state index < -0.39 is 17.7 Å². The number of fused-ring (bicyclic) bond motifs is 1. The van der Waals surface area contributed by atoms with Crippen LogP contribution in [0.15, 0.2) is 18.2 Å². The first-order chi connectivity index (χ1) is 7.59. The Kier molecular flexibility index (Phi) is 2.83. The zero-order valence-electron chi connectivity index (χ0n) is 8.27. The molecule has 2 rings (SSSR count). The fourth-order valence-electron chi connectivity index (χ4n) is 1.66. The summed E-state index contributed by atoms with van der Waals surface area (Å²) in [6, 6.07) is 4.58. The average molecular weight is 241 g/mol. The van der Waals surface area contributed by atoms with Gasteiger partial charge in [-0.2, -0.15) is 0 Å². The van der Waals surface area contributed by atoms with Gasteiger partial charge in [-0.15, -0.1) is 0 Å². The van der Waals surface area contributed by atoms with Gasteiger partial charge in [0.2, 0.25) is 0 Å². The molecule has 0 aromatic heterocycles. The van der Waals surface area contributed by atoms with E-state index in [1.54, 1.807) is 6.07 Å². The monoisotopic (exact) mass is 240 g/mol. The lowest BCUT2D eigenvalue weighted by Crippen LogP contribution is -2.23. The largest absolute Gasteiger partial charge is 0.493 e. The number of carbonyl (C=O) groups excluding carboxylic acids is 1. The molecule has 4 nitrogen and oxygen atoms in total. The molecule has 1 N–H and O–H groups in total. The normalized spacial score (nSPS) is 19.6. The number of aliphatic carboxylic acids is 1. The van der Waals surface area contributed by atoms with Crippen molar-refractivity contribution in [2.45, 2.75) is 6.42 Å². The van der Waals surface area contributed by atoms with Crippen LogP contribution in [0.25, 0.3) is 0 Å². The number of ketones is 1. The summed E-state index contributed by atoms with van der Waals surface area (Å²) in [7, 11) is 0. The Morgan fingerprint density at radius 1 is 1.50 bits per heavy atom. The van der Waals surface area contributed by atoms with Gasteiger partial charge in [-0.05, 0) is 18.2 Å². The van der Waals surface area contributed by atoms with Crippen LogP contribution in [0.1, 0.15) is 16.8 Å². The van der Waals surface area contributed by atoms with E-state index in [4.69, 9.17) is 21.4 Å². The molecular weight excluding hydrogens is 232 g/mol. The molecule has 1 aromatic rings. The Bertz CT molecular complexity index is 455. The summed E-state index contributed by atoms with van der Waals surface area (Å²) in [4.78, 5) is 22.8. The molecule has 0 saturated heterocycles. The predicted molar refractivity (Wildman–Crippen MR) is 57.0 cm³/mol. The van der Waals surface area contributed by atoms with Gasteiger partial charge in [-0.25, -0.2) is 0 Å². The van der Waals surface area contributed by atoms with Crippen LogP contribution in [0.2, 0.25) is 5.02 Å². The molecule has 1 atom stereocenters. The third-order valence-corrected chi connectivity index (χ3v) is 2.72. The first-order valence-electron chi connectivity index (χ1n) is 4.79. The van der Waals surface area contributed by atoms with Gasteiger partial charge in [0, 0.05) is 11.4 Å². The molecule has 1 heterocycles. The Balaban J connectivity index is 2.45. The number of halogens is 1. The Morgan fingerprint density at radius 2 is 2.25 bits per heavy atom. The number of Topliss-reactive ketones (excluding diaryl/α,β-unsaturated/α-hetero) is 1. The second-order valence-corrected chi connectivity index (χ2v) is 3.97. The van der Waals surface area contributed by atoms with Crippen molar-refractivity contribution in [3.63, 3.8) is 0 Å². The second kappa shape index (κ2) is 4.14. The zero-order valence-corrected chi connectivity index (χ0v) is 9.03. The third kappa shape index (κ3) is 1.88. The highest BCUT2D eigenvalue weighted by Crippen LogP contribution is 2.29. The highest BCUT2D eigenvalue weighted by Gasteiger charge is 2.31. The average Bonchev–Trinajstić information content (AvgIpc) is 2.37. The van der Waals surface area contributed by atoms with Crippen LogP contribution in [0.4, 0.5) is 0 Å². The molecular formula is C11H9ClO4. The molecule has 1 aliphatic rings. The van der Waals surface area contributed by atoms with Crippen LogP contribution in [0.3, 0.4) is 0 Å². The number of ether oxygens (including phenoxy) is 1. The number of carboxylic acids is 1. The maximum atomic E-state index is 11.9. The van der Waals surface area contributed by atoms with Crippen molar-refractivity contribution in [3.05, 3.63) is 28.8 Å². The molecule has 1 aromatic carbocycles. The van der Waals surface area contributed by atoms with Crippen LogP contribution < -0.4 is 4.74 Å². The van der Waals surface area contributed by atoms with Gasteiger partial charge in [0.1, 0.15) is 11.7 Å². The SMILES string of the molecule is O=C(O)C1CCOc2cc(Cl)ccc2C1=O. The fraction of sp³-hybridized carbons (Fsp3) is 0.273. The van der Waals surface area contributed by atoms with Crippen LogP contribution in [0.5, 0.6) is 5.75 Å². The number of hydrogen-bond donors (Lipinski definition) is 1. The van der Waals surface area contributed by atoms with Gasteiger partial charge in [-0.3, -0.25) is 9.59 Å². The Morgan fingerprint density at radius 3 is 2.94 bits per heavy atom. The number of hydrogen-bond acceptors (Lipinski definition) is 3. The summed E-state index contributed by atoms with van der Waals surface area (Å²) in [5.74, 6) is -2.20. The highest BCUT2D eigenvalue weighted by atomic mass is 35.5. The van der Waals surface area contributed by atoms with Gasteiger partial charge >= 0.3 is 5.97 Å². The lowest BCUT2D eigenvalue weighted by molar-refractivity contribution is -0.140. The molecule has 0 saturated carbocycles. The number of rotatable bonds is 1. The molecule has 0 aliphatic carbocycles. The van der Waals surface area contributed by atoms with Gasteiger partial charge in [0.25, 0.3) is 0 Å². The molecule has 0 radical (unpaired) electrons. The number of carbonyl (C=O) groups is 2. The van der Waals surface area contributed by atoms with Crippen molar-refractivity contribution < 1.29 is 19.4 Å². The van der Waals surface area contributed by atoms with Crippen molar-refractivity contribution in [1.82, 2.24) is 0 Å². The second-order valence-electron chi connectivity index (χ2n) is 3.53. The van der Waals surface area contributed by atoms with Gasteiger partial charge in [0.05, 0.1) is 12.2 Å². The van der Waals surface area contributed by atoms with Crippen LogP contribution in [-0.2, 0) is 4.79 Å². The van der Waals surface area contributed by atoms with E-state index in [9.17, 15) is 9.59 Å². The van der Waals surface area contributed by atoms with Gasteiger partial charge in [-0.1, -0.05) is 11.6 Å². The number of carboxylic acid groups (broad SMARTS) is 1. The van der Waals surface area contributed by atoms with Crippen molar-refractivity contribution in [2.75, 3.05) is 6.61 Å². The number of benzene rings is 1. The molecule has 0 bridgehead atoms. The Hall–Kier alpha value is -1.55. The standard InChI is InChI=1S/C11H9ClO4/c12-6-1-2-7-9(5-6)16-4-3-8(10(7)13)11(14)15/h1-2,5,8H,3-4H2,(H,14,15). The summed E-state index contributed by atoms with van der Waals surface area (Å²) < 4.78 is 5.31. The molecule has 0 spiro atoms. The fourth-order valence-corrected chi connectivity index (χ4v) is 1.82. The smallest absolute Gasteiger partial charge is 0.314 e. The molecule has 1 unspecified atom stereocenters. The summed E-state index contributed by atoms with van der Waals surface area (Å²) in [6.45, 7) is 0.204. The maximum absolute atomic E-state index is 11.9. The minimum Gasteiger partial charge on any atom is -0.493 e. The summed E-state index contributed by atoms with van der Waals surface area (Å²) in [6.07, 6.45) is 0.181. The maximum Gasteiger partial charge on any atom is 0.314 e. The van der Waals surface area contributed by atoms with Crippen LogP contribution in [0, 0.1) is 5.92 Å². The van der Waals surface area contributed by atoms with Crippen molar-refractivity contribution >= 4 is 23.4 Å². The minimum absolute atomic E-state index is 0.181. The lowest BCUT2D eigenvalue weighted by atomic mass is 9.95. The Labute approximate surface area is 96.8 Å². The van der Waals surface area contributed by atoms with E-state index in [0.29, 0.717) is 10.8 Å². The molecule has 16 heavy (non-hydrogen) atoms. The van der Waals surface area contributed by atoms with E-state index in [0.717, 1.165) is 0 Å². The zero-order chi connectivity index (χ0) is 11.7. The van der Waals surface area contributed by atoms with Gasteiger partial charge < -0.3 is 9.84 Å². The van der Waals surface area contributed by atoms with E-state index in [-0.39, 0.29) is 18.6 Å². The van der Waals surface area contributed by atoms with Crippen molar-refractivity contribution in [1.29, 1.82) is 0 Å². The van der Waals surface area contributed by atoms with Gasteiger partial charge in [0.15, 0.2) is 5.78 Å². The minimum atomic E-state index is -1.11. The highest BCUT2D eigenvalue weighted by molar-refractivity contribution is 6.31. The summed E-state index contributed by atoms with van der Waals surface area (Å²) in [5, 5.41) is 9.37. The van der Waals surface area contributed by atoms with Crippen molar-refractivity contribution in [3.8, 4) is 5.75 Å². The van der Waals surface area contributed by atoms with E-state index >= 15 is 0 Å². The van der Waals surface area contributed by atoms with Crippen molar-refractivity contribution in [2.24, 2.45) is 5.92 Å². The first-order valence-corrected chi connectivity index (χ1v) is 5.17. The van der Waals surface area contributed by atoms with Crippen LogP contribution in [-0.4, -0.2) is 23.5 Å². The molecule has 1 aliphatic heterocycles. The molecule has 5 heteroatoms. The summed E-state index contributed by atoms with van der Waals surface area (Å²) in [5.41, 5.74) is 0.286. The van der Waals surface area contributed by atoms with E-state index in [1.807, 2.05) is 0 Å². The topological polar surface area (TPSA) is 63.6 Å². The first kappa shape index (κ1) is 11.0. The molecule has 0 amide bonds. The predicted octanol–water partition coefficient (Wildman–Crippen LogP) is 2.01. The van der Waals surface area contributed by atoms with Crippen LogP contribution >= 0.6 is 11.6 Å². The molecule has 84 valence electrons. The molecule has 0 fully saturated rings. The summed E-state index contributed by atoms with van der Waals surface area (Å²) >= 11 is 5.77. The van der Waals surface area contributed by atoms with E-state index in [1.165, 1.54) is 12.1 Å².